The molecule has 4 aromatic rings. The Kier molecular flexibility index (Phi) is 5.26. The van der Waals surface area contributed by atoms with E-state index < -0.39 is 11.6 Å². The van der Waals surface area contributed by atoms with Crippen molar-refractivity contribution in [2.75, 3.05) is 26.7 Å². The van der Waals surface area contributed by atoms with Crippen LogP contribution in [0, 0.1) is 5.92 Å². The number of benzene rings is 2. The number of H-pyrrole nitrogens is 1. The van der Waals surface area contributed by atoms with E-state index in [2.05, 4.69) is 22.0 Å². The number of nitrogens with one attached hydrogen (secondary N) is 1. The van der Waals surface area contributed by atoms with Gasteiger partial charge in [-0.1, -0.05) is 12.1 Å². The molecule has 2 aromatic heterocycles. The van der Waals surface area contributed by atoms with Gasteiger partial charge in [-0.3, -0.25) is 14.2 Å². The summed E-state index contributed by atoms with van der Waals surface area (Å²) >= 11 is 1.32. The Labute approximate surface area is 204 Å². The smallest absolute Gasteiger partial charge is 0.328 e. The maximum absolute atomic E-state index is 13.3. The predicted octanol–water partition coefficient (Wildman–Crippen LogP) is 2.67. The quantitative estimate of drug-likeness (QED) is 0.447. The molecule has 1 amide bonds. The topological polar surface area (TPSA) is 110 Å². The average Bonchev–Trinajstić information content (AvgIpc) is 3.44. The van der Waals surface area contributed by atoms with Gasteiger partial charge in [0, 0.05) is 47.7 Å². The fourth-order valence-corrected chi connectivity index (χ4v) is 6.95. The highest BCUT2D eigenvalue weighted by Gasteiger charge is 2.38. The van der Waals surface area contributed by atoms with Crippen molar-refractivity contribution >= 4 is 37.5 Å². The van der Waals surface area contributed by atoms with Crippen molar-refractivity contribution in [3.63, 3.8) is 0 Å². The van der Waals surface area contributed by atoms with Crippen molar-refractivity contribution in [1.29, 1.82) is 0 Å². The molecule has 35 heavy (non-hydrogen) atoms. The van der Waals surface area contributed by atoms with E-state index in [9.17, 15) is 14.4 Å². The maximum Gasteiger partial charge on any atom is 0.328 e. The number of amides is 1. The molecule has 3 N–H and O–H groups in total. The second-order valence-electron chi connectivity index (χ2n) is 9.46. The molecule has 1 aliphatic carbocycles. The lowest BCUT2D eigenvalue weighted by Crippen LogP contribution is -2.38. The van der Waals surface area contributed by atoms with Crippen LogP contribution in [0.2, 0.25) is 0 Å². The molecule has 6 rings (SSSR count). The molecule has 2 atom stereocenters. The molecule has 1 fully saturated rings. The molecule has 9 heteroatoms. The summed E-state index contributed by atoms with van der Waals surface area (Å²) < 4.78 is 8.19. The number of likely N-dealkylation sites (tertiary alicyclic amines) is 1. The van der Waals surface area contributed by atoms with Crippen molar-refractivity contribution in [2.45, 2.75) is 25.3 Å². The van der Waals surface area contributed by atoms with Crippen molar-refractivity contribution in [3.05, 3.63) is 73.9 Å². The monoisotopic (exact) mass is 490 g/mol. The van der Waals surface area contributed by atoms with Crippen LogP contribution in [0.4, 0.5) is 0 Å². The van der Waals surface area contributed by atoms with E-state index in [1.54, 1.807) is 25.3 Å². The molecule has 1 aliphatic heterocycles. The number of primary amides is 1. The van der Waals surface area contributed by atoms with Crippen LogP contribution in [0.25, 0.3) is 20.3 Å². The Balaban J connectivity index is 1.26. The van der Waals surface area contributed by atoms with Crippen LogP contribution < -0.4 is 21.7 Å². The molecule has 0 spiro atoms. The highest BCUT2D eigenvalue weighted by molar-refractivity contribution is 7.25. The van der Waals surface area contributed by atoms with Crippen LogP contribution in [0.1, 0.15) is 33.8 Å². The molecule has 1 saturated heterocycles. The van der Waals surface area contributed by atoms with Gasteiger partial charge in [0.2, 0.25) is 5.91 Å². The fraction of sp³-hybridized carbons (Fsp3) is 0.346. The summed E-state index contributed by atoms with van der Waals surface area (Å²) in [4.78, 5) is 43.0. The first-order chi connectivity index (χ1) is 16.9. The number of methoxy groups -OCH3 is 1. The molecule has 8 nitrogen and oxygen atoms in total. The van der Waals surface area contributed by atoms with Gasteiger partial charge in [-0.2, -0.15) is 0 Å². The van der Waals surface area contributed by atoms with Gasteiger partial charge in [-0.25, -0.2) is 4.79 Å². The molecule has 3 heterocycles. The van der Waals surface area contributed by atoms with Gasteiger partial charge in [0.05, 0.1) is 12.6 Å². The molecule has 180 valence electrons. The number of fused-ring (bicyclic) bond motifs is 6. The van der Waals surface area contributed by atoms with Gasteiger partial charge in [0.25, 0.3) is 5.56 Å². The molecule has 2 aromatic carbocycles. The minimum absolute atomic E-state index is 0.294. The number of rotatable bonds is 5. The first kappa shape index (κ1) is 22.1. The second kappa shape index (κ2) is 8.35. The molecule has 0 radical (unpaired) electrons. The summed E-state index contributed by atoms with van der Waals surface area (Å²) in [7, 11) is 1.72. The third-order valence-corrected chi connectivity index (χ3v) is 8.76. The van der Waals surface area contributed by atoms with Crippen molar-refractivity contribution in [3.8, 4) is 5.75 Å². The summed E-state index contributed by atoms with van der Waals surface area (Å²) in [6, 6.07) is 11.3. The molecule has 2 aliphatic rings. The molecule has 0 unspecified atom stereocenters. The van der Waals surface area contributed by atoms with Crippen LogP contribution in [-0.4, -0.2) is 47.1 Å². The third kappa shape index (κ3) is 3.57. The Hall–Kier alpha value is -3.43. The first-order valence-electron chi connectivity index (χ1n) is 11.8. The molecular formula is C26H26N4O4S. The summed E-state index contributed by atoms with van der Waals surface area (Å²) in [6.07, 6.45) is 2.14. The van der Waals surface area contributed by atoms with Crippen LogP contribution in [-0.2, 0) is 13.0 Å². The Morgan fingerprint density at radius 2 is 2.06 bits per heavy atom. The minimum Gasteiger partial charge on any atom is -0.496 e. The molecule has 0 bridgehead atoms. The zero-order valence-corrected chi connectivity index (χ0v) is 20.2. The fourth-order valence-electron chi connectivity index (χ4n) is 5.87. The lowest BCUT2D eigenvalue weighted by Gasteiger charge is -2.28. The van der Waals surface area contributed by atoms with Crippen molar-refractivity contribution in [1.82, 2.24) is 14.5 Å². The SMILES string of the molecule is COc1cccc2c1CC[C@H]1CN(CCn3c(=O)[nH]c4c(sc5ccc(C(N)=O)cc54)c3=O)C[C@@H]21. The van der Waals surface area contributed by atoms with Crippen LogP contribution in [0.15, 0.2) is 46.0 Å². The number of nitrogens with two attached hydrogens (primary N) is 1. The number of nitrogens with zero attached hydrogens (tertiary/aromatic N) is 2. The third-order valence-electron chi connectivity index (χ3n) is 7.60. The van der Waals surface area contributed by atoms with Gasteiger partial charge >= 0.3 is 5.69 Å². The van der Waals surface area contributed by atoms with Crippen LogP contribution in [0.3, 0.4) is 0 Å². The summed E-state index contributed by atoms with van der Waals surface area (Å²) in [6.45, 7) is 2.85. The van der Waals surface area contributed by atoms with E-state index >= 15 is 0 Å². The molecular weight excluding hydrogens is 464 g/mol. The average molecular weight is 491 g/mol. The Morgan fingerprint density at radius 3 is 2.86 bits per heavy atom. The zero-order valence-electron chi connectivity index (χ0n) is 19.4. The van der Waals surface area contributed by atoms with E-state index in [1.165, 1.54) is 27.0 Å². The number of hydrogen-bond donors (Lipinski definition) is 2. The summed E-state index contributed by atoms with van der Waals surface area (Å²) in [5.74, 6) is 1.45. The number of thiophene rings is 1. The van der Waals surface area contributed by atoms with Crippen LogP contribution in [0.5, 0.6) is 5.75 Å². The lowest BCUT2D eigenvalue weighted by molar-refractivity contribution is 0.100. The summed E-state index contributed by atoms with van der Waals surface area (Å²) in [5, 5.41) is 0.667. The van der Waals surface area contributed by atoms with Crippen molar-refractivity contribution in [2.24, 2.45) is 11.7 Å². The van der Waals surface area contributed by atoms with E-state index in [0.717, 1.165) is 36.4 Å². The minimum atomic E-state index is -0.547. The first-order valence-corrected chi connectivity index (χ1v) is 12.6. The van der Waals surface area contributed by atoms with Gasteiger partial charge in [0.1, 0.15) is 10.4 Å². The highest BCUT2D eigenvalue weighted by atomic mass is 32.1. The number of aromatic nitrogens is 2. The number of hydrogen-bond acceptors (Lipinski definition) is 6. The standard InChI is InChI=1S/C26H26N4O4S/c1-34-20-4-2-3-16-17(20)7-5-15-12-29(13-19(15)16)9-10-30-25(32)23-22(28-26(30)33)18-11-14(24(27)31)6-8-21(18)35-23/h2-4,6,8,11,15,19H,5,7,9-10,12-13H2,1H3,(H2,27,31)(H,28,33)/t15-,19+/m0/s1. The molecule has 0 saturated carbocycles. The largest absolute Gasteiger partial charge is 0.496 e. The number of carbonyl (C=O) groups excluding carboxylic acids is 1. The summed E-state index contributed by atoms with van der Waals surface area (Å²) in [5.41, 5.74) is 8.18. The lowest BCUT2D eigenvalue weighted by atomic mass is 9.77. The second-order valence-corrected chi connectivity index (χ2v) is 10.5. The van der Waals surface area contributed by atoms with Gasteiger partial charge in [-0.05, 0) is 54.2 Å². The Bertz CT molecular complexity index is 1600. The highest BCUT2D eigenvalue weighted by Crippen LogP contribution is 2.44. The van der Waals surface area contributed by atoms with Crippen molar-refractivity contribution < 1.29 is 9.53 Å². The van der Waals surface area contributed by atoms with Gasteiger partial charge in [0.15, 0.2) is 0 Å². The zero-order chi connectivity index (χ0) is 24.3. The predicted molar refractivity (Wildman–Crippen MR) is 137 cm³/mol. The van der Waals surface area contributed by atoms with Gasteiger partial charge in [-0.15, -0.1) is 11.3 Å². The van der Waals surface area contributed by atoms with Gasteiger partial charge < -0.3 is 20.4 Å². The maximum atomic E-state index is 13.3. The van der Waals surface area contributed by atoms with E-state index in [0.29, 0.717) is 46.1 Å². The van der Waals surface area contributed by atoms with E-state index in [4.69, 9.17) is 10.5 Å². The number of carbonyl (C=O) groups is 1. The normalized spacial score (nSPS) is 19.7. The van der Waals surface area contributed by atoms with E-state index in [-0.39, 0.29) is 5.56 Å². The number of ether oxygens (including phenoxy) is 1. The van der Waals surface area contributed by atoms with Crippen LogP contribution >= 0.6 is 11.3 Å². The Morgan fingerprint density at radius 1 is 1.20 bits per heavy atom. The number of aromatic amines is 1. The van der Waals surface area contributed by atoms with E-state index in [1.807, 2.05) is 6.07 Å².